The summed E-state index contributed by atoms with van der Waals surface area (Å²) in [5.41, 5.74) is 0.203. The normalized spacial score (nSPS) is 17.4. The molecule has 0 aliphatic carbocycles. The van der Waals surface area contributed by atoms with E-state index in [9.17, 15) is 31.2 Å². The second kappa shape index (κ2) is 8.99. The molecular weight excluding hydrogens is 417 g/mol. The van der Waals surface area contributed by atoms with E-state index in [0.717, 1.165) is 18.4 Å². The number of hydrogen-bond acceptors (Lipinski definition) is 6. The molecule has 0 saturated carbocycles. The van der Waals surface area contributed by atoms with Gasteiger partial charge in [-0.2, -0.15) is 0 Å². The van der Waals surface area contributed by atoms with Crippen LogP contribution in [0.3, 0.4) is 0 Å². The lowest BCUT2D eigenvalue weighted by Crippen LogP contribution is -2.41. The van der Waals surface area contributed by atoms with Gasteiger partial charge >= 0.3 is 12.3 Å². The van der Waals surface area contributed by atoms with Crippen LogP contribution in [0.25, 0.3) is 0 Å². The molecule has 1 atom stereocenters. The minimum absolute atomic E-state index is 0.200. The van der Waals surface area contributed by atoms with Crippen molar-refractivity contribution >= 4 is 27.6 Å². The van der Waals surface area contributed by atoms with E-state index >= 15 is 0 Å². The lowest BCUT2D eigenvalue weighted by Gasteiger charge is -2.29. The maximum Gasteiger partial charge on any atom is 0.573 e. The average Bonchev–Trinajstić information content (AvgIpc) is 2.61. The third kappa shape index (κ3) is 7.20. The van der Waals surface area contributed by atoms with Crippen LogP contribution in [0.1, 0.15) is 19.8 Å². The molecule has 1 unspecified atom stereocenters. The van der Waals surface area contributed by atoms with E-state index in [1.807, 2.05) is 0 Å². The fourth-order valence-electron chi connectivity index (χ4n) is 2.73. The Morgan fingerprint density at radius 2 is 1.72 bits per heavy atom. The highest BCUT2D eigenvalue weighted by Gasteiger charge is 2.32. The molecule has 1 saturated heterocycles. The Morgan fingerprint density at radius 3 is 2.21 bits per heavy atom. The third-order valence-electron chi connectivity index (χ3n) is 4.27. The first kappa shape index (κ1) is 22.9. The van der Waals surface area contributed by atoms with Crippen molar-refractivity contribution < 1.29 is 40.7 Å². The number of anilines is 1. The monoisotopic (exact) mass is 438 g/mol. The Balaban J connectivity index is 1.83. The highest BCUT2D eigenvalue weighted by atomic mass is 32.2. The molecule has 1 aromatic carbocycles. The number of esters is 1. The molecule has 0 spiro atoms. The van der Waals surface area contributed by atoms with Crippen molar-refractivity contribution in [3.05, 3.63) is 24.3 Å². The van der Waals surface area contributed by atoms with Crippen LogP contribution in [0.5, 0.6) is 5.75 Å². The number of carbonyl (C=O) groups excluding carboxylic acids is 2. The zero-order chi connectivity index (χ0) is 21.8. The van der Waals surface area contributed by atoms with E-state index in [-0.39, 0.29) is 18.8 Å². The Morgan fingerprint density at radius 1 is 1.17 bits per heavy atom. The van der Waals surface area contributed by atoms with Gasteiger partial charge in [-0.25, -0.2) is 12.7 Å². The predicted octanol–water partition coefficient (Wildman–Crippen LogP) is 2.13. The maximum atomic E-state index is 12.2. The van der Waals surface area contributed by atoms with Gasteiger partial charge in [-0.15, -0.1) is 13.2 Å². The van der Waals surface area contributed by atoms with Crippen LogP contribution >= 0.6 is 0 Å². The van der Waals surface area contributed by atoms with Crippen molar-refractivity contribution in [1.82, 2.24) is 4.31 Å². The Bertz CT molecular complexity index is 834. The highest BCUT2D eigenvalue weighted by molar-refractivity contribution is 7.88. The lowest BCUT2D eigenvalue weighted by atomic mass is 9.98. The SMILES string of the molecule is CC(OC(=O)C1CCN(S(C)(=O)=O)CC1)C(=O)Nc1ccc(OC(F)(F)F)cc1. The summed E-state index contributed by atoms with van der Waals surface area (Å²) in [5.74, 6) is -2.21. The lowest BCUT2D eigenvalue weighted by molar-refractivity contribution is -0.274. The topological polar surface area (TPSA) is 102 Å². The molecule has 8 nitrogen and oxygen atoms in total. The fourth-order valence-corrected chi connectivity index (χ4v) is 3.61. The molecule has 0 radical (unpaired) electrons. The van der Waals surface area contributed by atoms with Crippen LogP contribution in [-0.4, -0.2) is 56.4 Å². The molecule has 29 heavy (non-hydrogen) atoms. The molecule has 0 bridgehead atoms. The van der Waals surface area contributed by atoms with Gasteiger partial charge in [0.15, 0.2) is 6.10 Å². The van der Waals surface area contributed by atoms with E-state index in [2.05, 4.69) is 10.1 Å². The van der Waals surface area contributed by atoms with Gasteiger partial charge in [-0.05, 0) is 44.0 Å². The molecule has 1 amide bonds. The Hall–Kier alpha value is -2.34. The van der Waals surface area contributed by atoms with Gasteiger partial charge in [0.25, 0.3) is 5.91 Å². The minimum atomic E-state index is -4.81. The van der Waals surface area contributed by atoms with Crippen molar-refractivity contribution in [2.45, 2.75) is 32.2 Å². The van der Waals surface area contributed by atoms with E-state index in [0.29, 0.717) is 12.8 Å². The smallest absolute Gasteiger partial charge is 0.452 e. The number of carbonyl (C=O) groups is 2. The molecule has 162 valence electrons. The van der Waals surface area contributed by atoms with Crippen molar-refractivity contribution in [3.63, 3.8) is 0 Å². The highest BCUT2D eigenvalue weighted by Crippen LogP contribution is 2.24. The summed E-state index contributed by atoms with van der Waals surface area (Å²) >= 11 is 0. The van der Waals surface area contributed by atoms with Crippen LogP contribution in [0, 0.1) is 5.92 Å². The van der Waals surface area contributed by atoms with Gasteiger partial charge in [-0.1, -0.05) is 0 Å². The molecular formula is C17H21F3N2O6S. The third-order valence-corrected chi connectivity index (χ3v) is 5.58. The van der Waals surface area contributed by atoms with Gasteiger partial charge < -0.3 is 14.8 Å². The van der Waals surface area contributed by atoms with Gasteiger partial charge in [-0.3, -0.25) is 9.59 Å². The minimum Gasteiger partial charge on any atom is -0.452 e. The fraction of sp³-hybridized carbons (Fsp3) is 0.529. The molecule has 1 N–H and O–H groups in total. The Labute approximate surface area is 166 Å². The van der Waals surface area contributed by atoms with Gasteiger partial charge in [0.05, 0.1) is 12.2 Å². The first-order valence-electron chi connectivity index (χ1n) is 8.67. The summed E-state index contributed by atoms with van der Waals surface area (Å²) in [6, 6.07) is 4.51. The molecule has 1 aromatic rings. The summed E-state index contributed by atoms with van der Waals surface area (Å²) in [5, 5.41) is 2.43. The number of hydrogen-bond donors (Lipinski definition) is 1. The summed E-state index contributed by atoms with van der Waals surface area (Å²) < 4.78 is 69.5. The first-order chi connectivity index (χ1) is 13.3. The van der Waals surface area contributed by atoms with E-state index in [1.54, 1.807) is 0 Å². The standard InChI is InChI=1S/C17H21F3N2O6S/c1-11(27-16(24)12-7-9-22(10-8-12)29(2,25)26)15(23)21-13-3-5-14(6-4-13)28-17(18,19)20/h3-6,11-12H,7-10H2,1-2H3,(H,21,23). The van der Waals surface area contributed by atoms with Gasteiger partial charge in [0.1, 0.15) is 5.75 Å². The average molecular weight is 438 g/mol. The molecule has 1 aliphatic rings. The second-order valence-corrected chi connectivity index (χ2v) is 8.56. The van der Waals surface area contributed by atoms with Crippen molar-refractivity contribution in [2.75, 3.05) is 24.7 Å². The number of nitrogens with one attached hydrogen (secondary N) is 1. The summed E-state index contributed by atoms with van der Waals surface area (Å²) in [6.07, 6.45) is -4.27. The van der Waals surface area contributed by atoms with Crippen LogP contribution in [0.15, 0.2) is 24.3 Å². The quantitative estimate of drug-likeness (QED) is 0.683. The summed E-state index contributed by atoms with van der Waals surface area (Å²) in [4.78, 5) is 24.3. The molecule has 1 aliphatic heterocycles. The van der Waals surface area contributed by atoms with E-state index < -0.39 is 46.0 Å². The van der Waals surface area contributed by atoms with Crippen LogP contribution < -0.4 is 10.1 Å². The maximum absolute atomic E-state index is 12.2. The summed E-state index contributed by atoms with van der Waals surface area (Å²) in [7, 11) is -3.31. The summed E-state index contributed by atoms with van der Waals surface area (Å²) in [6.45, 7) is 1.76. The van der Waals surface area contributed by atoms with Gasteiger partial charge in [0.2, 0.25) is 10.0 Å². The van der Waals surface area contributed by atoms with Crippen molar-refractivity contribution in [2.24, 2.45) is 5.92 Å². The van der Waals surface area contributed by atoms with E-state index in [1.165, 1.54) is 23.4 Å². The number of rotatable bonds is 6. The molecule has 0 aromatic heterocycles. The number of amides is 1. The molecule has 1 fully saturated rings. The number of piperidine rings is 1. The molecule has 2 rings (SSSR count). The number of nitrogens with zero attached hydrogens (tertiary/aromatic N) is 1. The Kier molecular flexibility index (Phi) is 7.11. The predicted molar refractivity (Wildman–Crippen MR) is 96.4 cm³/mol. The number of alkyl halides is 3. The van der Waals surface area contributed by atoms with Crippen molar-refractivity contribution in [3.8, 4) is 5.75 Å². The number of ether oxygens (including phenoxy) is 2. The van der Waals surface area contributed by atoms with E-state index in [4.69, 9.17) is 4.74 Å². The first-order valence-corrected chi connectivity index (χ1v) is 10.5. The zero-order valence-corrected chi connectivity index (χ0v) is 16.5. The second-order valence-electron chi connectivity index (χ2n) is 6.58. The van der Waals surface area contributed by atoms with Crippen LogP contribution in [-0.2, 0) is 24.3 Å². The van der Waals surface area contributed by atoms with Crippen LogP contribution in [0.2, 0.25) is 0 Å². The zero-order valence-electron chi connectivity index (χ0n) is 15.7. The molecule has 1 heterocycles. The van der Waals surface area contributed by atoms with Crippen molar-refractivity contribution in [1.29, 1.82) is 0 Å². The number of benzene rings is 1. The number of halogens is 3. The molecule has 12 heteroatoms. The number of sulfonamides is 1. The largest absolute Gasteiger partial charge is 0.573 e. The van der Waals surface area contributed by atoms with Crippen LogP contribution in [0.4, 0.5) is 18.9 Å². The van der Waals surface area contributed by atoms with Gasteiger partial charge in [0, 0.05) is 18.8 Å².